The summed E-state index contributed by atoms with van der Waals surface area (Å²) in [6, 6.07) is 0. The van der Waals surface area contributed by atoms with Crippen LogP contribution in [0.1, 0.15) is 107 Å². The number of fused-ring (bicyclic) bond motifs is 7. The Bertz CT molecular complexity index is 1640. The highest BCUT2D eigenvalue weighted by atomic mass is 16.6. The third kappa shape index (κ3) is 5.83. The van der Waals surface area contributed by atoms with Crippen molar-refractivity contribution < 1.29 is 42.9 Å². The molecule has 0 radical (unpaired) electrons. The Kier molecular flexibility index (Phi) is 9.86. The first-order chi connectivity index (χ1) is 24.3. The van der Waals surface area contributed by atoms with Gasteiger partial charge in [0.2, 0.25) is 0 Å². The first kappa shape index (κ1) is 38.2. The molecule has 6 rings (SSSR count). The van der Waals surface area contributed by atoms with E-state index in [1.807, 2.05) is 23.8 Å². The third-order valence-electron chi connectivity index (χ3n) is 15.2. The maximum absolute atomic E-state index is 15.1. The Morgan fingerprint density at radius 2 is 1.62 bits per heavy atom. The second-order valence-corrected chi connectivity index (χ2v) is 17.9. The van der Waals surface area contributed by atoms with E-state index in [1.54, 1.807) is 12.5 Å². The van der Waals surface area contributed by atoms with Crippen molar-refractivity contribution in [2.45, 2.75) is 126 Å². The molecule has 0 amide bonds. The summed E-state index contributed by atoms with van der Waals surface area (Å²) < 4.78 is 25.6. The van der Waals surface area contributed by atoms with Gasteiger partial charge in [-0.3, -0.25) is 24.0 Å². The molecule has 0 N–H and O–H groups in total. The van der Waals surface area contributed by atoms with Crippen molar-refractivity contribution in [2.75, 3.05) is 13.2 Å². The van der Waals surface area contributed by atoms with E-state index >= 15 is 4.79 Å². The summed E-state index contributed by atoms with van der Waals surface area (Å²) in [4.78, 5) is 70.9. The molecule has 1 aromatic rings. The predicted octanol–water partition coefficient (Wildman–Crippen LogP) is 6.28. The van der Waals surface area contributed by atoms with Gasteiger partial charge in [-0.15, -0.1) is 0 Å². The summed E-state index contributed by atoms with van der Waals surface area (Å²) in [6.45, 7) is 17.9. The number of ether oxygens (including phenoxy) is 4. The van der Waals surface area contributed by atoms with Gasteiger partial charge in [0.05, 0.1) is 18.3 Å². The number of ketones is 1. The van der Waals surface area contributed by atoms with Crippen molar-refractivity contribution in [3.63, 3.8) is 0 Å². The summed E-state index contributed by atoms with van der Waals surface area (Å²) in [5.41, 5.74) is -2.15. The van der Waals surface area contributed by atoms with E-state index in [9.17, 15) is 19.2 Å². The number of carbonyl (C=O) groups is 5. The van der Waals surface area contributed by atoms with Gasteiger partial charge in [-0.05, 0) is 90.9 Å². The fourth-order valence-electron chi connectivity index (χ4n) is 12.5. The molecule has 4 fully saturated rings. The summed E-state index contributed by atoms with van der Waals surface area (Å²) in [5.74, 6) is -1.87. The van der Waals surface area contributed by atoms with Crippen LogP contribution in [0.25, 0.3) is 0 Å². The number of hydrogen-bond acceptors (Lipinski definition) is 10. The summed E-state index contributed by atoms with van der Waals surface area (Å²) >= 11 is 0. The van der Waals surface area contributed by atoms with Crippen LogP contribution in [0.5, 0.6) is 0 Å². The first-order valence-electron chi connectivity index (χ1n) is 19.2. The SMILES string of the molecule is CC(=O)OC[C@@]1(C)C2CC[C@]3(C)C(C(=O)C=C4C5[C@@H](C)[C@H](C)CC[C@]5(C(=O)OCCn5ccnc5)CC[C@]43C)[C@@]2(C)C[C@@H](OC(C)=O)[C@@H]1OC(C)=O. The Balaban J connectivity index is 1.42. The standard InChI is InChI=1S/C41H58N2O9/c1-24-10-13-41(36(48)49-19-18-43-17-16-42-23-43)15-14-39(8)29(33(41)25(24)2)20-30(47)34-37(6)21-31(51-27(4)45)35(52-28(5)46)38(7,22-50-26(3)44)32(37)11-12-40(34,39)9/h16-17,20,23-25,31-35H,10-15,18-19,21-22H2,1-9H3/t24-,25+,31-,32?,33?,34?,35+,37+,38+,39-,40-,41+/m1/s1. The van der Waals surface area contributed by atoms with Gasteiger partial charge in [0.25, 0.3) is 0 Å². The molecule has 5 aliphatic rings. The lowest BCUT2D eigenvalue weighted by Crippen LogP contribution is -2.70. The molecule has 1 heterocycles. The Morgan fingerprint density at radius 1 is 0.904 bits per heavy atom. The molecule has 1 aromatic heterocycles. The second kappa shape index (κ2) is 13.4. The fraction of sp³-hybridized carbons (Fsp3) is 0.756. The molecule has 0 bridgehead atoms. The molecule has 0 spiro atoms. The van der Waals surface area contributed by atoms with E-state index in [2.05, 4.69) is 39.6 Å². The number of esters is 4. The van der Waals surface area contributed by atoms with Crippen LogP contribution < -0.4 is 0 Å². The maximum Gasteiger partial charge on any atom is 0.312 e. The van der Waals surface area contributed by atoms with E-state index in [0.29, 0.717) is 31.7 Å². The molecular weight excluding hydrogens is 664 g/mol. The Labute approximate surface area is 307 Å². The summed E-state index contributed by atoms with van der Waals surface area (Å²) in [5, 5.41) is 0. The van der Waals surface area contributed by atoms with E-state index in [1.165, 1.54) is 20.8 Å². The normalized spacial score (nSPS) is 42.3. The first-order valence-corrected chi connectivity index (χ1v) is 19.2. The van der Waals surface area contributed by atoms with Crippen LogP contribution in [0.2, 0.25) is 0 Å². The third-order valence-corrected chi connectivity index (χ3v) is 15.2. The van der Waals surface area contributed by atoms with Crippen LogP contribution in [0.15, 0.2) is 30.4 Å². The lowest BCUT2D eigenvalue weighted by molar-refractivity contribution is -0.252. The van der Waals surface area contributed by atoms with Crippen molar-refractivity contribution in [1.29, 1.82) is 0 Å². The van der Waals surface area contributed by atoms with Crippen LogP contribution in [0, 0.1) is 56.7 Å². The van der Waals surface area contributed by atoms with E-state index < -0.39 is 63.1 Å². The van der Waals surface area contributed by atoms with E-state index in [0.717, 1.165) is 31.3 Å². The topological polar surface area (TPSA) is 140 Å². The van der Waals surface area contributed by atoms with Crippen LogP contribution in [0.4, 0.5) is 0 Å². The molecule has 11 nitrogen and oxygen atoms in total. The smallest absolute Gasteiger partial charge is 0.312 e. The van der Waals surface area contributed by atoms with Gasteiger partial charge in [0.15, 0.2) is 5.78 Å². The van der Waals surface area contributed by atoms with Crippen molar-refractivity contribution in [3.8, 4) is 0 Å². The van der Waals surface area contributed by atoms with Gasteiger partial charge in [0.1, 0.15) is 25.4 Å². The number of allylic oxidation sites excluding steroid dienone is 2. The number of rotatable bonds is 8. The zero-order valence-corrected chi connectivity index (χ0v) is 32.5. The zero-order valence-electron chi connectivity index (χ0n) is 32.5. The molecule has 12 atom stereocenters. The van der Waals surface area contributed by atoms with E-state index in [4.69, 9.17) is 18.9 Å². The van der Waals surface area contributed by atoms with Crippen LogP contribution in [-0.2, 0) is 49.5 Å². The molecule has 286 valence electrons. The zero-order chi connectivity index (χ0) is 38.0. The lowest BCUT2D eigenvalue weighted by Gasteiger charge is -2.71. The number of hydrogen-bond donors (Lipinski definition) is 0. The van der Waals surface area contributed by atoms with Gasteiger partial charge in [-0.25, -0.2) is 4.98 Å². The van der Waals surface area contributed by atoms with Crippen LogP contribution in [-0.4, -0.2) is 64.6 Å². The molecule has 4 saturated carbocycles. The molecule has 5 aliphatic carbocycles. The monoisotopic (exact) mass is 722 g/mol. The minimum Gasteiger partial charge on any atom is -0.465 e. The summed E-state index contributed by atoms with van der Waals surface area (Å²) in [7, 11) is 0. The van der Waals surface area contributed by atoms with E-state index in [-0.39, 0.29) is 42.7 Å². The predicted molar refractivity (Wildman–Crippen MR) is 190 cm³/mol. The Hall–Kier alpha value is -3.50. The van der Waals surface area contributed by atoms with Gasteiger partial charge < -0.3 is 23.5 Å². The molecule has 0 saturated heterocycles. The number of carbonyl (C=O) groups excluding carboxylic acids is 5. The van der Waals surface area contributed by atoms with Crippen molar-refractivity contribution >= 4 is 29.7 Å². The average Bonchev–Trinajstić information content (AvgIpc) is 3.57. The Morgan fingerprint density at radius 3 is 2.25 bits per heavy atom. The van der Waals surface area contributed by atoms with Crippen LogP contribution >= 0.6 is 0 Å². The van der Waals surface area contributed by atoms with Crippen LogP contribution in [0.3, 0.4) is 0 Å². The quantitative estimate of drug-likeness (QED) is 0.223. The highest BCUT2D eigenvalue weighted by Gasteiger charge is 2.73. The summed E-state index contributed by atoms with van der Waals surface area (Å²) in [6.07, 6.45) is 10.3. The molecule has 0 aromatic carbocycles. The number of aromatic nitrogens is 2. The van der Waals surface area contributed by atoms with Crippen molar-refractivity contribution in [1.82, 2.24) is 9.55 Å². The molecular formula is C41H58N2O9. The van der Waals surface area contributed by atoms with Gasteiger partial charge in [-0.1, -0.05) is 47.1 Å². The number of imidazole rings is 1. The van der Waals surface area contributed by atoms with Crippen molar-refractivity contribution in [3.05, 3.63) is 30.4 Å². The van der Waals surface area contributed by atoms with Crippen molar-refractivity contribution in [2.24, 2.45) is 56.7 Å². The molecule has 0 aliphatic heterocycles. The molecule has 3 unspecified atom stereocenters. The minimum atomic E-state index is -0.938. The largest absolute Gasteiger partial charge is 0.465 e. The van der Waals surface area contributed by atoms with Gasteiger partial charge in [-0.2, -0.15) is 0 Å². The maximum atomic E-state index is 15.1. The van der Waals surface area contributed by atoms with Gasteiger partial charge in [0, 0.05) is 44.5 Å². The van der Waals surface area contributed by atoms with Gasteiger partial charge >= 0.3 is 23.9 Å². The fourth-order valence-corrected chi connectivity index (χ4v) is 12.5. The highest BCUT2D eigenvalue weighted by Crippen LogP contribution is 2.75. The lowest BCUT2D eigenvalue weighted by atomic mass is 9.33. The molecule has 52 heavy (non-hydrogen) atoms. The second-order valence-electron chi connectivity index (χ2n) is 17.9. The highest BCUT2D eigenvalue weighted by molar-refractivity contribution is 5.96. The minimum absolute atomic E-state index is 0.0271. The number of nitrogens with zero attached hydrogens (tertiary/aromatic N) is 2. The molecule has 11 heteroatoms. The average molecular weight is 723 g/mol.